The van der Waals surface area contributed by atoms with Crippen molar-refractivity contribution in [2.75, 3.05) is 0 Å². The van der Waals surface area contributed by atoms with Crippen LogP contribution in [0.2, 0.25) is 0 Å². The number of unbranched alkanes of at least 4 members (excludes halogenated alkanes) is 4. The molecule has 0 aromatic carbocycles. The van der Waals surface area contributed by atoms with Crippen molar-refractivity contribution in [3.05, 3.63) is 13.8 Å². The first kappa shape index (κ1) is 23.2. The van der Waals surface area contributed by atoms with Crippen LogP contribution in [-0.2, 0) is 0 Å². The Hall–Kier alpha value is 1.25. The van der Waals surface area contributed by atoms with Crippen LogP contribution in [0.4, 0.5) is 0 Å². The number of hydrogen-bond donors (Lipinski definition) is 0. The normalized spacial score (nSPS) is 7.00. The van der Waals surface area contributed by atoms with Gasteiger partial charge in [0.05, 0.1) is 0 Å². The summed E-state index contributed by atoms with van der Waals surface area (Å²) in [6.07, 6.45) is 7.52. The molecule has 0 amide bonds. The van der Waals surface area contributed by atoms with Crippen molar-refractivity contribution in [2.24, 2.45) is 0 Å². The van der Waals surface area contributed by atoms with Crippen molar-refractivity contribution in [3.63, 3.8) is 0 Å². The predicted molar refractivity (Wildman–Crippen MR) is 65.8 cm³/mol. The minimum absolute atomic E-state index is 0. The van der Waals surface area contributed by atoms with E-state index < -0.39 is 0 Å². The van der Waals surface area contributed by atoms with Crippen molar-refractivity contribution in [3.8, 4) is 0 Å². The zero-order valence-electron chi connectivity index (χ0n) is 8.77. The second-order valence-corrected chi connectivity index (χ2v) is 2.41. The van der Waals surface area contributed by atoms with Gasteiger partial charge in [0.1, 0.15) is 0 Å². The average Bonchev–Trinajstić information content (AvgIpc) is 1.91. The summed E-state index contributed by atoms with van der Waals surface area (Å²) in [5, 5.41) is 0. The average molecular weight is 248 g/mol. The fourth-order valence-electron chi connectivity index (χ4n) is 0.604. The second kappa shape index (κ2) is 29.5. The van der Waals surface area contributed by atoms with Crippen LogP contribution in [0, 0.1) is 13.8 Å². The first-order chi connectivity index (χ1) is 4.83. The molecule has 0 bridgehead atoms. The molecule has 0 saturated carbocycles. The predicted octanol–water partition coefficient (Wildman–Crippen LogP) is 4.22. The van der Waals surface area contributed by atoms with Crippen LogP contribution < -0.4 is 0 Å². The molecule has 2 heteroatoms. The van der Waals surface area contributed by atoms with Gasteiger partial charge in [-0.25, -0.2) is 0 Å². The van der Waals surface area contributed by atoms with Crippen LogP contribution in [0.3, 0.4) is 0 Å². The molecule has 0 aromatic heterocycles. The summed E-state index contributed by atoms with van der Waals surface area (Å²) in [6.45, 7) is 11.5. The van der Waals surface area contributed by atoms with Gasteiger partial charge in [0.25, 0.3) is 0 Å². The molecule has 0 fully saturated rings. The van der Waals surface area contributed by atoms with Gasteiger partial charge >= 0.3 is 23.1 Å². The number of halogens is 1. The molecule has 0 aromatic rings. The molecule has 0 spiro atoms. The molecule has 0 N–H and O–H groups in total. The van der Waals surface area contributed by atoms with E-state index in [4.69, 9.17) is 0 Å². The van der Waals surface area contributed by atoms with Crippen molar-refractivity contribution in [1.82, 2.24) is 0 Å². The van der Waals surface area contributed by atoms with Crippen LogP contribution in [0.15, 0.2) is 0 Å². The van der Waals surface area contributed by atoms with E-state index in [0.717, 1.165) is 12.8 Å². The Kier molecular flexibility index (Phi) is 57.1. The van der Waals surface area contributed by atoms with Crippen molar-refractivity contribution >= 4 is 40.0 Å². The second-order valence-electron chi connectivity index (χ2n) is 2.41. The Balaban J connectivity index is -0.0000000569. The fraction of sp³-hybridized carbons (Fsp3) is 0.800. The third-order valence-corrected chi connectivity index (χ3v) is 1.10. The Morgan fingerprint density at radius 2 is 1.33 bits per heavy atom. The Labute approximate surface area is 106 Å². The van der Waals surface area contributed by atoms with Gasteiger partial charge in [-0.1, -0.05) is 39.5 Å². The van der Waals surface area contributed by atoms with E-state index in [1.165, 1.54) is 25.7 Å². The van der Waals surface area contributed by atoms with E-state index >= 15 is 0 Å². The topological polar surface area (TPSA) is 0 Å². The maximum atomic E-state index is 3.76. The zero-order valence-corrected chi connectivity index (χ0v) is 11.9. The van der Waals surface area contributed by atoms with Crippen molar-refractivity contribution in [1.29, 1.82) is 0 Å². The van der Waals surface area contributed by atoms with E-state index in [9.17, 15) is 0 Å². The maximum absolute atomic E-state index is 3.76. The summed E-state index contributed by atoms with van der Waals surface area (Å²) >= 11 is 0. The summed E-state index contributed by atoms with van der Waals surface area (Å²) < 4.78 is 0. The molecule has 0 radical (unpaired) electrons. The van der Waals surface area contributed by atoms with E-state index in [-0.39, 0.29) is 40.0 Å². The maximum Gasteiger partial charge on any atom is 2.00 e. The van der Waals surface area contributed by atoms with Crippen LogP contribution in [0.1, 0.15) is 52.4 Å². The van der Waals surface area contributed by atoms with Gasteiger partial charge in [-0.2, -0.15) is 12.8 Å². The van der Waals surface area contributed by atoms with Gasteiger partial charge in [-0.05, 0) is 0 Å². The molecular weight excluding hydrogens is 224 g/mol. The summed E-state index contributed by atoms with van der Waals surface area (Å²) in [6, 6.07) is 0. The zero-order chi connectivity index (χ0) is 8.24. The van der Waals surface area contributed by atoms with E-state index in [1.54, 1.807) is 0 Å². The molecule has 0 saturated heterocycles. The van der Waals surface area contributed by atoms with Gasteiger partial charge in [0.15, 0.2) is 0 Å². The van der Waals surface area contributed by atoms with E-state index in [1.807, 2.05) is 6.92 Å². The molecule has 0 nitrogen and oxygen atoms in total. The molecule has 0 heterocycles. The first-order valence-electron chi connectivity index (χ1n) is 4.41. The first-order valence-corrected chi connectivity index (χ1v) is 4.41. The van der Waals surface area contributed by atoms with E-state index in [0.29, 0.717) is 0 Å². The van der Waals surface area contributed by atoms with Crippen LogP contribution in [-0.4, -0.2) is 23.1 Å². The Bertz CT molecular complexity index is 36.8. The molecular formula is C10H23BrMg. The van der Waals surface area contributed by atoms with Gasteiger partial charge in [0, 0.05) is 0 Å². The SMILES string of the molecule is Br.[CH2-]CC.[CH2-]CCCCCC.[Mg+2]. The summed E-state index contributed by atoms with van der Waals surface area (Å²) in [5.41, 5.74) is 0. The fourth-order valence-corrected chi connectivity index (χ4v) is 0.604. The third kappa shape index (κ3) is 42.9. The number of hydrogen-bond acceptors (Lipinski definition) is 0. The molecule has 0 unspecified atom stereocenters. The molecule has 0 atom stereocenters. The Morgan fingerprint density at radius 3 is 1.58 bits per heavy atom. The molecule has 0 aliphatic carbocycles. The number of rotatable bonds is 4. The molecule has 0 rings (SSSR count). The molecule has 72 valence electrons. The Morgan fingerprint density at radius 1 is 0.917 bits per heavy atom. The van der Waals surface area contributed by atoms with Crippen molar-refractivity contribution < 1.29 is 0 Å². The summed E-state index contributed by atoms with van der Waals surface area (Å²) in [5.74, 6) is 0. The third-order valence-electron chi connectivity index (χ3n) is 1.10. The summed E-state index contributed by atoms with van der Waals surface area (Å²) in [7, 11) is 0. The molecule has 12 heavy (non-hydrogen) atoms. The van der Waals surface area contributed by atoms with Crippen LogP contribution in [0.5, 0.6) is 0 Å². The summed E-state index contributed by atoms with van der Waals surface area (Å²) in [4.78, 5) is 0. The molecule has 0 aliphatic heterocycles. The van der Waals surface area contributed by atoms with Gasteiger partial charge in [0.2, 0.25) is 0 Å². The quantitative estimate of drug-likeness (QED) is 0.396. The van der Waals surface area contributed by atoms with Gasteiger partial charge in [-0.3, -0.25) is 0 Å². The minimum atomic E-state index is 0. The molecule has 0 aliphatic rings. The van der Waals surface area contributed by atoms with E-state index in [2.05, 4.69) is 20.8 Å². The van der Waals surface area contributed by atoms with Gasteiger partial charge in [-0.15, -0.1) is 17.0 Å². The van der Waals surface area contributed by atoms with Gasteiger partial charge < -0.3 is 13.8 Å². The van der Waals surface area contributed by atoms with Crippen LogP contribution in [0.25, 0.3) is 0 Å². The monoisotopic (exact) mass is 246 g/mol. The minimum Gasteiger partial charge on any atom is -0.344 e. The standard InChI is InChI=1S/C7H15.C3H7.BrH.Mg/c1-3-5-7-6-4-2;1-3-2;;/h1,3-7H2,2H3;1,3H2,2H3;1H;/q2*-1;;+2. The van der Waals surface area contributed by atoms with Crippen molar-refractivity contribution in [2.45, 2.75) is 52.4 Å². The van der Waals surface area contributed by atoms with Crippen LogP contribution >= 0.6 is 17.0 Å². The largest absolute Gasteiger partial charge is 2.00 e. The smallest absolute Gasteiger partial charge is 0.344 e.